The van der Waals surface area contributed by atoms with Gasteiger partial charge in [0.05, 0.1) is 11.3 Å². The van der Waals surface area contributed by atoms with Crippen LogP contribution < -0.4 is 10.0 Å². The third-order valence-electron chi connectivity index (χ3n) is 5.01. The lowest BCUT2D eigenvalue weighted by Crippen LogP contribution is -2.43. The number of Topliss-reactive ketones (excluding diaryl/α,β-unsaturated/α-hetero) is 1. The minimum absolute atomic E-state index is 0.00292. The maximum absolute atomic E-state index is 12.2. The van der Waals surface area contributed by atoms with E-state index < -0.39 is 16.0 Å². The van der Waals surface area contributed by atoms with Crippen LogP contribution in [0.15, 0.2) is 29.2 Å². The summed E-state index contributed by atoms with van der Waals surface area (Å²) in [7, 11) is -3.80. The molecule has 0 heterocycles. The molecule has 8 nitrogen and oxygen atoms in total. The van der Waals surface area contributed by atoms with Crippen LogP contribution in [0.4, 0.5) is 0 Å². The number of carbonyl (C=O) groups is 3. The number of rotatable bonds is 9. The van der Waals surface area contributed by atoms with E-state index >= 15 is 0 Å². The van der Waals surface area contributed by atoms with Gasteiger partial charge in [0.15, 0.2) is 12.4 Å². The van der Waals surface area contributed by atoms with E-state index in [-0.39, 0.29) is 42.2 Å². The van der Waals surface area contributed by atoms with Gasteiger partial charge in [-0.2, -0.15) is 0 Å². The Morgan fingerprint density at radius 3 is 2.38 bits per heavy atom. The topological polar surface area (TPSA) is 119 Å². The molecule has 2 rings (SSSR count). The molecule has 0 bridgehead atoms. The Hall–Kier alpha value is -2.26. The third kappa shape index (κ3) is 7.25. The van der Waals surface area contributed by atoms with Crippen LogP contribution in [-0.4, -0.2) is 45.3 Å². The van der Waals surface area contributed by atoms with Gasteiger partial charge >= 0.3 is 5.97 Å². The first-order valence-electron chi connectivity index (χ1n) is 9.74. The van der Waals surface area contributed by atoms with Gasteiger partial charge in [0, 0.05) is 18.2 Å². The Bertz CT molecular complexity index is 835. The highest BCUT2D eigenvalue weighted by atomic mass is 32.2. The minimum atomic E-state index is -3.80. The Kier molecular flexibility index (Phi) is 8.33. The van der Waals surface area contributed by atoms with Crippen LogP contribution in [0.2, 0.25) is 0 Å². The zero-order valence-corrected chi connectivity index (χ0v) is 17.6. The summed E-state index contributed by atoms with van der Waals surface area (Å²) in [6.45, 7) is 2.96. The molecule has 1 aromatic carbocycles. The molecule has 1 aromatic rings. The van der Waals surface area contributed by atoms with Crippen molar-refractivity contribution in [1.82, 2.24) is 10.0 Å². The number of ketones is 1. The van der Waals surface area contributed by atoms with Crippen molar-refractivity contribution in [1.29, 1.82) is 0 Å². The minimum Gasteiger partial charge on any atom is -0.456 e. The van der Waals surface area contributed by atoms with Gasteiger partial charge in [-0.25, -0.2) is 13.1 Å². The first kappa shape index (κ1) is 23.0. The van der Waals surface area contributed by atoms with E-state index in [9.17, 15) is 22.8 Å². The number of hydrogen-bond acceptors (Lipinski definition) is 6. The van der Waals surface area contributed by atoms with Crippen LogP contribution >= 0.6 is 0 Å². The van der Waals surface area contributed by atoms with Crippen LogP contribution in [0.25, 0.3) is 0 Å². The first-order valence-corrected chi connectivity index (χ1v) is 11.2. The molecule has 0 spiro atoms. The predicted molar refractivity (Wildman–Crippen MR) is 107 cm³/mol. The van der Waals surface area contributed by atoms with Crippen molar-refractivity contribution in [3.63, 3.8) is 0 Å². The fraction of sp³-hybridized carbons (Fsp3) is 0.550. The summed E-state index contributed by atoms with van der Waals surface area (Å²) in [6.07, 6.45) is 4.04. The zero-order chi connectivity index (χ0) is 21.4. The summed E-state index contributed by atoms with van der Waals surface area (Å²) >= 11 is 0. The molecule has 1 saturated carbocycles. The lowest BCUT2D eigenvalue weighted by atomic mass is 9.86. The molecule has 0 aliphatic heterocycles. The second kappa shape index (κ2) is 10.5. The number of sulfonamides is 1. The van der Waals surface area contributed by atoms with E-state index in [1.54, 1.807) is 0 Å². The standard InChI is InChI=1S/C20H28N2O6S/c1-14-5-3-4-6-18(14)22-19(24)13-28-20(25)11-12-21-29(26,27)17-9-7-16(8-10-17)15(2)23/h7-10,14,18,21H,3-6,11-13H2,1-2H3,(H,22,24)/t14-,18+/m1/s1. The fourth-order valence-electron chi connectivity index (χ4n) is 3.24. The highest BCUT2D eigenvalue weighted by Crippen LogP contribution is 2.23. The largest absolute Gasteiger partial charge is 0.456 e. The van der Waals surface area contributed by atoms with Gasteiger partial charge in [-0.3, -0.25) is 14.4 Å². The van der Waals surface area contributed by atoms with Crippen molar-refractivity contribution < 1.29 is 27.5 Å². The number of benzene rings is 1. The molecule has 160 valence electrons. The number of nitrogens with one attached hydrogen (secondary N) is 2. The molecule has 1 amide bonds. The summed E-state index contributed by atoms with van der Waals surface area (Å²) in [5.74, 6) is -0.760. The molecule has 0 aromatic heterocycles. The lowest BCUT2D eigenvalue weighted by Gasteiger charge is -2.29. The molecule has 1 fully saturated rings. The summed E-state index contributed by atoms with van der Waals surface area (Å²) in [5, 5.41) is 2.89. The number of carbonyl (C=O) groups excluding carboxylic acids is 3. The molecular weight excluding hydrogens is 396 g/mol. The number of esters is 1. The van der Waals surface area contributed by atoms with Crippen LogP contribution in [0.1, 0.15) is 56.3 Å². The van der Waals surface area contributed by atoms with Gasteiger partial charge < -0.3 is 10.1 Å². The molecule has 0 saturated heterocycles. The highest BCUT2D eigenvalue weighted by molar-refractivity contribution is 7.89. The van der Waals surface area contributed by atoms with Gasteiger partial charge in [-0.1, -0.05) is 31.9 Å². The molecule has 0 unspecified atom stereocenters. The van der Waals surface area contributed by atoms with Crippen molar-refractivity contribution in [3.05, 3.63) is 29.8 Å². The molecule has 9 heteroatoms. The van der Waals surface area contributed by atoms with Gasteiger partial charge in [0.2, 0.25) is 10.0 Å². The maximum atomic E-state index is 12.2. The summed E-state index contributed by atoms with van der Waals surface area (Å²) in [5.41, 5.74) is 0.411. The molecule has 2 N–H and O–H groups in total. The van der Waals surface area contributed by atoms with E-state index in [0.717, 1.165) is 19.3 Å². The van der Waals surface area contributed by atoms with Gasteiger partial charge in [-0.15, -0.1) is 0 Å². The average molecular weight is 425 g/mol. The fourth-order valence-corrected chi connectivity index (χ4v) is 4.27. The van der Waals surface area contributed by atoms with E-state index in [1.807, 2.05) is 0 Å². The summed E-state index contributed by atoms with van der Waals surface area (Å²) in [6, 6.07) is 5.62. The van der Waals surface area contributed by atoms with Crippen molar-refractivity contribution in [3.8, 4) is 0 Å². The van der Waals surface area contributed by atoms with Crippen molar-refractivity contribution in [2.24, 2.45) is 5.92 Å². The molecule has 29 heavy (non-hydrogen) atoms. The zero-order valence-electron chi connectivity index (χ0n) is 16.8. The van der Waals surface area contributed by atoms with E-state index in [2.05, 4.69) is 17.0 Å². The van der Waals surface area contributed by atoms with Gasteiger partial charge in [0.1, 0.15) is 0 Å². The molecule has 0 radical (unpaired) electrons. The maximum Gasteiger partial charge on any atom is 0.307 e. The van der Waals surface area contributed by atoms with Gasteiger partial charge in [0.25, 0.3) is 5.91 Å². The van der Waals surface area contributed by atoms with E-state index in [4.69, 9.17) is 4.74 Å². The second-order valence-corrected chi connectivity index (χ2v) is 9.09. The third-order valence-corrected chi connectivity index (χ3v) is 6.49. The number of ether oxygens (including phenoxy) is 1. The first-order chi connectivity index (χ1) is 13.7. The second-order valence-electron chi connectivity index (χ2n) is 7.32. The quantitative estimate of drug-likeness (QED) is 0.461. The van der Waals surface area contributed by atoms with E-state index in [1.165, 1.54) is 37.6 Å². The van der Waals surface area contributed by atoms with Crippen LogP contribution in [0.3, 0.4) is 0 Å². The van der Waals surface area contributed by atoms with Crippen molar-refractivity contribution >= 4 is 27.7 Å². The number of hydrogen-bond donors (Lipinski definition) is 2. The SMILES string of the molecule is CC(=O)c1ccc(S(=O)(=O)NCCC(=O)OCC(=O)N[C@H]2CCCC[C@H]2C)cc1. The number of amides is 1. The normalized spacial score (nSPS) is 19.4. The highest BCUT2D eigenvalue weighted by Gasteiger charge is 2.23. The Morgan fingerprint density at radius 1 is 1.10 bits per heavy atom. The predicted octanol–water partition coefficient (Wildman–Crippen LogP) is 1.80. The Labute approximate surface area is 171 Å². The summed E-state index contributed by atoms with van der Waals surface area (Å²) < 4.78 is 31.6. The summed E-state index contributed by atoms with van der Waals surface area (Å²) in [4.78, 5) is 34.9. The molecule has 2 atom stereocenters. The van der Waals surface area contributed by atoms with Crippen LogP contribution in [0, 0.1) is 5.92 Å². The smallest absolute Gasteiger partial charge is 0.307 e. The van der Waals surface area contributed by atoms with E-state index in [0.29, 0.717) is 11.5 Å². The molecule has 1 aliphatic rings. The Morgan fingerprint density at radius 2 is 1.76 bits per heavy atom. The van der Waals surface area contributed by atoms with Gasteiger partial charge in [-0.05, 0) is 37.8 Å². The van der Waals surface area contributed by atoms with Crippen LogP contribution in [-0.2, 0) is 24.3 Å². The monoisotopic (exact) mass is 424 g/mol. The van der Waals surface area contributed by atoms with Crippen LogP contribution in [0.5, 0.6) is 0 Å². The van der Waals surface area contributed by atoms with Crippen molar-refractivity contribution in [2.75, 3.05) is 13.2 Å². The van der Waals surface area contributed by atoms with Crippen molar-refractivity contribution in [2.45, 2.75) is 56.9 Å². The molecule has 1 aliphatic carbocycles. The Balaban J connectivity index is 1.71. The lowest BCUT2D eigenvalue weighted by molar-refractivity contribution is -0.148. The molecular formula is C20H28N2O6S. The average Bonchev–Trinajstić information content (AvgIpc) is 2.68.